The number of fused-ring (bicyclic) bond motifs is 1. The van der Waals surface area contributed by atoms with Crippen LogP contribution in [0.3, 0.4) is 0 Å². The van der Waals surface area contributed by atoms with Gasteiger partial charge in [-0.25, -0.2) is 4.98 Å². The number of nitrogens with one attached hydrogen (secondary N) is 1. The van der Waals surface area contributed by atoms with Crippen molar-refractivity contribution in [2.24, 2.45) is 0 Å². The van der Waals surface area contributed by atoms with E-state index in [4.69, 9.17) is 4.98 Å². The zero-order valence-corrected chi connectivity index (χ0v) is 23.8. The molecule has 0 spiro atoms. The molecule has 2 saturated heterocycles. The van der Waals surface area contributed by atoms with Gasteiger partial charge in [0.15, 0.2) is 0 Å². The first-order valence-corrected chi connectivity index (χ1v) is 14.6. The molecule has 8 nitrogen and oxygen atoms in total. The number of carbonyl (C=O) groups excluding carboxylic acids is 3. The first kappa shape index (κ1) is 27.6. The van der Waals surface area contributed by atoms with Crippen molar-refractivity contribution >= 4 is 28.6 Å². The summed E-state index contributed by atoms with van der Waals surface area (Å²) in [5.74, 6) is -0.0233. The third-order valence-electron chi connectivity index (χ3n) is 8.51. The van der Waals surface area contributed by atoms with Gasteiger partial charge in [-0.1, -0.05) is 48.5 Å². The highest BCUT2D eigenvalue weighted by atomic mass is 16.2. The minimum absolute atomic E-state index is 0.0137. The van der Waals surface area contributed by atoms with Crippen molar-refractivity contribution in [3.63, 3.8) is 0 Å². The Morgan fingerprint density at radius 2 is 1.36 bits per heavy atom. The molecule has 2 aliphatic heterocycles. The van der Waals surface area contributed by atoms with Gasteiger partial charge in [0.1, 0.15) is 0 Å². The summed E-state index contributed by atoms with van der Waals surface area (Å²) >= 11 is 0. The van der Waals surface area contributed by atoms with Gasteiger partial charge >= 0.3 is 0 Å². The van der Waals surface area contributed by atoms with E-state index in [0.29, 0.717) is 36.0 Å². The maximum atomic E-state index is 13.9. The normalized spacial score (nSPS) is 16.4. The molecule has 3 heterocycles. The smallest absolute Gasteiger partial charge is 0.254 e. The standard InChI is InChI=1S/C34H35N5O3/c1-35-32(40)25-13-11-24(12-14-25)31-23-29(28-9-5-6-10-30(28)36-31)34(42)39-21-19-37(20-22-39)27-15-17-38(18-16-27)33(41)26-7-3-2-4-8-26/h2-14,23,27H,15-22H2,1H3,(H,35,40). The van der Waals surface area contributed by atoms with Crippen LogP contribution in [0.2, 0.25) is 0 Å². The second kappa shape index (κ2) is 12.1. The Balaban J connectivity index is 1.12. The third-order valence-corrected chi connectivity index (χ3v) is 8.51. The number of pyridine rings is 1. The number of rotatable bonds is 5. The number of benzene rings is 3. The van der Waals surface area contributed by atoms with Gasteiger partial charge < -0.3 is 15.1 Å². The van der Waals surface area contributed by atoms with Crippen LogP contribution in [0.4, 0.5) is 0 Å². The molecule has 0 saturated carbocycles. The number of hydrogen-bond acceptors (Lipinski definition) is 5. The Bertz CT molecular complexity index is 1590. The van der Waals surface area contributed by atoms with Gasteiger partial charge in [-0.2, -0.15) is 0 Å². The minimum atomic E-state index is -0.144. The molecule has 0 aliphatic carbocycles. The van der Waals surface area contributed by atoms with Crippen molar-refractivity contribution in [1.29, 1.82) is 0 Å². The summed E-state index contributed by atoms with van der Waals surface area (Å²) in [6, 6.07) is 26.8. The Morgan fingerprint density at radius 1 is 0.714 bits per heavy atom. The van der Waals surface area contributed by atoms with Gasteiger partial charge in [0.25, 0.3) is 17.7 Å². The Kier molecular flexibility index (Phi) is 7.97. The van der Waals surface area contributed by atoms with E-state index in [9.17, 15) is 14.4 Å². The SMILES string of the molecule is CNC(=O)c1ccc(-c2cc(C(=O)N3CCN(C4CCN(C(=O)c5ccccc5)CC4)CC3)c3ccccc3n2)cc1. The number of likely N-dealkylation sites (tertiary alicyclic amines) is 1. The molecule has 0 radical (unpaired) electrons. The number of carbonyl (C=O) groups is 3. The fourth-order valence-electron chi connectivity index (χ4n) is 6.09. The van der Waals surface area contributed by atoms with Crippen LogP contribution in [-0.4, -0.2) is 89.8 Å². The second-order valence-corrected chi connectivity index (χ2v) is 10.9. The van der Waals surface area contributed by atoms with Crippen LogP contribution in [0.5, 0.6) is 0 Å². The Labute approximate surface area is 245 Å². The Hall–Kier alpha value is -4.56. The lowest BCUT2D eigenvalue weighted by molar-refractivity contribution is 0.0413. The van der Waals surface area contributed by atoms with E-state index in [-0.39, 0.29) is 17.7 Å². The molecule has 1 aromatic heterocycles. The molecule has 214 valence electrons. The number of hydrogen-bond donors (Lipinski definition) is 1. The summed E-state index contributed by atoms with van der Waals surface area (Å²) in [7, 11) is 1.61. The van der Waals surface area contributed by atoms with E-state index in [2.05, 4.69) is 10.2 Å². The van der Waals surface area contributed by atoms with Crippen molar-refractivity contribution in [3.8, 4) is 11.3 Å². The van der Waals surface area contributed by atoms with Gasteiger partial charge in [-0.05, 0) is 49.2 Å². The molecule has 8 heteroatoms. The van der Waals surface area contributed by atoms with Crippen LogP contribution in [0.25, 0.3) is 22.2 Å². The maximum Gasteiger partial charge on any atom is 0.254 e. The summed E-state index contributed by atoms with van der Waals surface area (Å²) in [4.78, 5) is 49.9. The predicted octanol–water partition coefficient (Wildman–Crippen LogP) is 4.32. The predicted molar refractivity (Wildman–Crippen MR) is 163 cm³/mol. The molecule has 0 bridgehead atoms. The fraction of sp³-hybridized carbons (Fsp3) is 0.294. The molecule has 0 unspecified atom stereocenters. The first-order chi connectivity index (χ1) is 20.5. The molecular formula is C34H35N5O3. The molecule has 0 atom stereocenters. The van der Waals surface area contributed by atoms with Crippen LogP contribution < -0.4 is 5.32 Å². The van der Waals surface area contributed by atoms with E-state index in [1.165, 1.54) is 0 Å². The van der Waals surface area contributed by atoms with Crippen molar-refractivity contribution in [1.82, 2.24) is 25.0 Å². The highest BCUT2D eigenvalue weighted by molar-refractivity contribution is 6.07. The highest BCUT2D eigenvalue weighted by Crippen LogP contribution is 2.27. The average Bonchev–Trinajstić information content (AvgIpc) is 3.07. The van der Waals surface area contributed by atoms with E-state index in [1.54, 1.807) is 19.2 Å². The minimum Gasteiger partial charge on any atom is -0.355 e. The molecule has 42 heavy (non-hydrogen) atoms. The fourth-order valence-corrected chi connectivity index (χ4v) is 6.09. The highest BCUT2D eigenvalue weighted by Gasteiger charge is 2.31. The van der Waals surface area contributed by atoms with Crippen LogP contribution in [0, 0.1) is 0 Å². The van der Waals surface area contributed by atoms with E-state index in [0.717, 1.165) is 61.1 Å². The topological polar surface area (TPSA) is 85.9 Å². The zero-order chi connectivity index (χ0) is 29.1. The zero-order valence-electron chi connectivity index (χ0n) is 23.8. The summed E-state index contributed by atoms with van der Waals surface area (Å²) in [5.41, 5.74) is 4.29. The van der Waals surface area contributed by atoms with E-state index in [1.807, 2.05) is 82.6 Å². The summed E-state index contributed by atoms with van der Waals surface area (Å²) in [6.45, 7) is 4.48. The molecule has 4 aromatic rings. The molecule has 6 rings (SSSR count). The van der Waals surface area contributed by atoms with Gasteiger partial charge in [-0.3, -0.25) is 19.3 Å². The lowest BCUT2D eigenvalue weighted by Gasteiger charge is -2.42. The van der Waals surface area contributed by atoms with E-state index < -0.39 is 0 Å². The first-order valence-electron chi connectivity index (χ1n) is 14.6. The average molecular weight is 562 g/mol. The number of nitrogens with zero attached hydrogens (tertiary/aromatic N) is 4. The van der Waals surface area contributed by atoms with E-state index >= 15 is 0 Å². The Morgan fingerprint density at radius 3 is 2.05 bits per heavy atom. The lowest BCUT2D eigenvalue weighted by atomic mass is 10.0. The van der Waals surface area contributed by atoms with Gasteiger partial charge in [0.05, 0.1) is 16.8 Å². The number of aromatic nitrogens is 1. The lowest BCUT2D eigenvalue weighted by Crippen LogP contribution is -2.54. The number of para-hydroxylation sites is 1. The van der Waals surface area contributed by atoms with Crippen LogP contribution in [0.1, 0.15) is 43.9 Å². The number of piperidine rings is 1. The van der Waals surface area contributed by atoms with Gasteiger partial charge in [0, 0.05) is 74.4 Å². The molecule has 3 amide bonds. The second-order valence-electron chi connectivity index (χ2n) is 10.9. The molecule has 1 N–H and O–H groups in total. The molecule has 2 fully saturated rings. The van der Waals surface area contributed by atoms with Crippen LogP contribution >= 0.6 is 0 Å². The maximum absolute atomic E-state index is 13.9. The summed E-state index contributed by atoms with van der Waals surface area (Å²) in [6.07, 6.45) is 1.90. The van der Waals surface area contributed by atoms with Crippen molar-refractivity contribution in [2.45, 2.75) is 18.9 Å². The van der Waals surface area contributed by atoms with Crippen molar-refractivity contribution in [2.75, 3.05) is 46.3 Å². The largest absolute Gasteiger partial charge is 0.355 e. The van der Waals surface area contributed by atoms with Crippen LogP contribution in [-0.2, 0) is 0 Å². The van der Waals surface area contributed by atoms with Crippen molar-refractivity contribution < 1.29 is 14.4 Å². The third kappa shape index (κ3) is 5.63. The monoisotopic (exact) mass is 561 g/mol. The molecule has 3 aromatic carbocycles. The van der Waals surface area contributed by atoms with Gasteiger partial charge in [0.2, 0.25) is 0 Å². The van der Waals surface area contributed by atoms with Crippen LogP contribution in [0.15, 0.2) is 84.9 Å². The van der Waals surface area contributed by atoms with Crippen molar-refractivity contribution in [3.05, 3.63) is 102 Å². The molecular weight excluding hydrogens is 526 g/mol. The quantitative estimate of drug-likeness (QED) is 0.392. The van der Waals surface area contributed by atoms with Gasteiger partial charge in [-0.15, -0.1) is 0 Å². The number of piperazine rings is 1. The summed E-state index contributed by atoms with van der Waals surface area (Å²) < 4.78 is 0. The number of amides is 3. The summed E-state index contributed by atoms with van der Waals surface area (Å²) in [5, 5.41) is 3.48. The molecule has 2 aliphatic rings.